The number of hydrogen-bond acceptors (Lipinski definition) is 5. The van der Waals surface area contributed by atoms with Crippen LogP contribution in [0.1, 0.15) is 5.56 Å². The van der Waals surface area contributed by atoms with E-state index in [9.17, 15) is 13.2 Å². The Morgan fingerprint density at radius 3 is 2.40 bits per heavy atom. The van der Waals surface area contributed by atoms with Crippen molar-refractivity contribution in [1.82, 2.24) is 9.62 Å². The number of anilines is 1. The second-order valence-corrected chi connectivity index (χ2v) is 9.50. The maximum Gasteiger partial charge on any atom is 0.241 e. The minimum Gasteiger partial charge on any atom is -0.378 e. The van der Waals surface area contributed by atoms with Gasteiger partial charge >= 0.3 is 0 Å². The Hall–Kier alpha value is -1.84. The largest absolute Gasteiger partial charge is 0.378 e. The molecule has 162 valence electrons. The van der Waals surface area contributed by atoms with Gasteiger partial charge in [-0.15, -0.1) is 0 Å². The zero-order chi connectivity index (χ0) is 21.7. The summed E-state index contributed by atoms with van der Waals surface area (Å²) in [7, 11) is -2.24. The number of halogens is 2. The van der Waals surface area contributed by atoms with Gasteiger partial charge in [0.2, 0.25) is 15.9 Å². The zero-order valence-corrected chi connectivity index (χ0v) is 18.8. The van der Waals surface area contributed by atoms with Crippen LogP contribution in [-0.2, 0) is 26.1 Å². The average molecular weight is 472 g/mol. The molecule has 0 unspecified atom stereocenters. The Bertz CT molecular complexity index is 994. The third kappa shape index (κ3) is 5.86. The minimum absolute atomic E-state index is 0.0499. The summed E-state index contributed by atoms with van der Waals surface area (Å²) in [5.41, 5.74) is 2.07. The van der Waals surface area contributed by atoms with Crippen LogP contribution in [0.5, 0.6) is 0 Å². The van der Waals surface area contributed by atoms with Crippen LogP contribution in [0.2, 0.25) is 10.0 Å². The number of likely N-dealkylation sites (N-methyl/N-ethyl adjacent to an activating group) is 1. The SMILES string of the molecule is CN(Cc1ccc(N2CCOCC2)cc1)C(=O)CNS(=O)(=O)c1ccc(Cl)c(Cl)c1. The zero-order valence-electron chi connectivity index (χ0n) is 16.5. The molecular weight excluding hydrogens is 449 g/mol. The van der Waals surface area contributed by atoms with E-state index in [0.29, 0.717) is 6.54 Å². The van der Waals surface area contributed by atoms with E-state index in [1.165, 1.54) is 23.1 Å². The molecule has 7 nitrogen and oxygen atoms in total. The van der Waals surface area contributed by atoms with Crippen LogP contribution in [0, 0.1) is 0 Å². The van der Waals surface area contributed by atoms with Gasteiger partial charge in [0, 0.05) is 32.4 Å². The number of rotatable bonds is 7. The highest BCUT2D eigenvalue weighted by atomic mass is 35.5. The van der Waals surface area contributed by atoms with Crippen molar-refractivity contribution in [2.45, 2.75) is 11.4 Å². The highest BCUT2D eigenvalue weighted by Gasteiger charge is 2.19. The average Bonchev–Trinajstić information content (AvgIpc) is 2.75. The number of nitrogens with zero attached hydrogens (tertiary/aromatic N) is 2. The summed E-state index contributed by atoms with van der Waals surface area (Å²) in [6, 6.07) is 11.9. The smallest absolute Gasteiger partial charge is 0.241 e. The lowest BCUT2D eigenvalue weighted by Crippen LogP contribution is -2.37. The van der Waals surface area contributed by atoms with Crippen molar-refractivity contribution in [3.05, 3.63) is 58.1 Å². The first-order valence-electron chi connectivity index (χ1n) is 9.36. The summed E-state index contributed by atoms with van der Waals surface area (Å²) in [5.74, 6) is -0.351. The van der Waals surface area contributed by atoms with Crippen molar-refractivity contribution in [3.63, 3.8) is 0 Å². The van der Waals surface area contributed by atoms with Crippen molar-refractivity contribution in [1.29, 1.82) is 0 Å². The monoisotopic (exact) mass is 471 g/mol. The van der Waals surface area contributed by atoms with Crippen LogP contribution in [0.3, 0.4) is 0 Å². The van der Waals surface area contributed by atoms with Gasteiger partial charge in [0.25, 0.3) is 0 Å². The number of carbonyl (C=O) groups excluding carboxylic acids is 1. The van der Waals surface area contributed by atoms with Crippen LogP contribution in [-0.4, -0.2) is 59.1 Å². The molecule has 1 saturated heterocycles. The Morgan fingerprint density at radius 2 is 1.77 bits per heavy atom. The van der Waals surface area contributed by atoms with Crippen molar-refractivity contribution >= 4 is 44.8 Å². The first-order chi connectivity index (χ1) is 14.3. The quantitative estimate of drug-likeness (QED) is 0.671. The molecule has 1 heterocycles. The third-order valence-electron chi connectivity index (χ3n) is 4.77. The van der Waals surface area contributed by atoms with Gasteiger partial charge < -0.3 is 14.5 Å². The van der Waals surface area contributed by atoms with Crippen molar-refractivity contribution < 1.29 is 17.9 Å². The first kappa shape index (κ1) is 22.8. The summed E-state index contributed by atoms with van der Waals surface area (Å²) in [6.45, 7) is 3.17. The molecule has 10 heteroatoms. The Morgan fingerprint density at radius 1 is 1.10 bits per heavy atom. The summed E-state index contributed by atoms with van der Waals surface area (Å²) < 4.78 is 32.4. The van der Waals surface area contributed by atoms with E-state index in [4.69, 9.17) is 27.9 Å². The fourth-order valence-corrected chi connectivity index (χ4v) is 4.38. The molecular formula is C20H23Cl2N3O4S. The van der Waals surface area contributed by atoms with Gasteiger partial charge in [-0.05, 0) is 35.9 Å². The summed E-state index contributed by atoms with van der Waals surface area (Å²) in [5, 5.41) is 0.384. The molecule has 0 saturated carbocycles. The maximum atomic E-state index is 12.4. The third-order valence-corrected chi connectivity index (χ3v) is 6.91. The van der Waals surface area contributed by atoms with Crippen LogP contribution in [0.4, 0.5) is 5.69 Å². The molecule has 0 spiro atoms. The normalized spacial score (nSPS) is 14.6. The Labute approximate surface area is 186 Å². The second-order valence-electron chi connectivity index (χ2n) is 6.92. The highest BCUT2D eigenvalue weighted by Crippen LogP contribution is 2.24. The number of sulfonamides is 1. The van der Waals surface area contributed by atoms with Gasteiger partial charge in [-0.3, -0.25) is 4.79 Å². The summed E-state index contributed by atoms with van der Waals surface area (Å²) in [6.07, 6.45) is 0. The van der Waals surface area contributed by atoms with E-state index in [2.05, 4.69) is 9.62 Å². The van der Waals surface area contributed by atoms with Gasteiger partial charge in [0.1, 0.15) is 0 Å². The maximum absolute atomic E-state index is 12.4. The van der Waals surface area contributed by atoms with Crippen LogP contribution < -0.4 is 9.62 Å². The summed E-state index contributed by atoms with van der Waals surface area (Å²) in [4.78, 5) is 16.1. The van der Waals surface area contributed by atoms with Gasteiger partial charge in [0.15, 0.2) is 0 Å². The van der Waals surface area contributed by atoms with E-state index < -0.39 is 10.0 Å². The Balaban J connectivity index is 1.54. The molecule has 0 bridgehead atoms. The number of benzene rings is 2. The minimum atomic E-state index is -3.88. The van der Waals surface area contributed by atoms with Gasteiger partial charge in [0.05, 0.1) is 34.7 Å². The molecule has 1 aliphatic heterocycles. The number of ether oxygens (including phenoxy) is 1. The van der Waals surface area contributed by atoms with E-state index in [1.807, 2.05) is 24.3 Å². The molecule has 0 radical (unpaired) electrons. The van der Waals surface area contributed by atoms with Gasteiger partial charge in [-0.1, -0.05) is 35.3 Å². The fourth-order valence-electron chi connectivity index (χ4n) is 3.01. The molecule has 3 rings (SSSR count). The molecule has 30 heavy (non-hydrogen) atoms. The fraction of sp³-hybridized carbons (Fsp3) is 0.350. The van der Waals surface area contributed by atoms with Gasteiger partial charge in [-0.25, -0.2) is 13.1 Å². The van der Waals surface area contributed by atoms with E-state index >= 15 is 0 Å². The second kappa shape index (κ2) is 9.98. The van der Waals surface area contributed by atoms with Crippen LogP contribution in [0.15, 0.2) is 47.4 Å². The number of carbonyl (C=O) groups is 1. The topological polar surface area (TPSA) is 79.0 Å². The van der Waals surface area contributed by atoms with Crippen molar-refractivity contribution in [2.24, 2.45) is 0 Å². The van der Waals surface area contributed by atoms with E-state index in [1.54, 1.807) is 7.05 Å². The lowest BCUT2D eigenvalue weighted by Gasteiger charge is -2.29. The molecule has 0 aliphatic carbocycles. The predicted molar refractivity (Wildman–Crippen MR) is 118 cm³/mol. The standard InChI is InChI=1S/C20H23Cl2N3O4S/c1-24(14-15-2-4-16(5-3-15)25-8-10-29-11-9-25)20(26)13-23-30(27,28)17-6-7-18(21)19(22)12-17/h2-7,12,23H,8-11,13-14H2,1H3. The molecule has 0 aromatic heterocycles. The van der Waals surface area contributed by atoms with Crippen LogP contribution >= 0.6 is 23.2 Å². The number of morpholine rings is 1. The molecule has 1 N–H and O–H groups in total. The first-order valence-corrected chi connectivity index (χ1v) is 11.6. The molecule has 0 atom stereocenters. The van der Waals surface area contributed by atoms with Gasteiger partial charge in [-0.2, -0.15) is 0 Å². The summed E-state index contributed by atoms with van der Waals surface area (Å²) >= 11 is 11.7. The molecule has 1 aliphatic rings. The number of hydrogen-bond donors (Lipinski definition) is 1. The van der Waals surface area contributed by atoms with Crippen LogP contribution in [0.25, 0.3) is 0 Å². The molecule has 2 aromatic rings. The lowest BCUT2D eigenvalue weighted by atomic mass is 10.1. The van der Waals surface area contributed by atoms with E-state index in [0.717, 1.165) is 37.6 Å². The molecule has 2 aromatic carbocycles. The number of amides is 1. The molecule has 1 amide bonds. The lowest BCUT2D eigenvalue weighted by molar-refractivity contribution is -0.129. The molecule has 1 fully saturated rings. The predicted octanol–water partition coefficient (Wildman–Crippen LogP) is 2.77. The van der Waals surface area contributed by atoms with E-state index in [-0.39, 0.29) is 27.4 Å². The number of nitrogens with one attached hydrogen (secondary N) is 1. The highest BCUT2D eigenvalue weighted by molar-refractivity contribution is 7.89. The Kier molecular flexibility index (Phi) is 7.60. The van der Waals surface area contributed by atoms with Crippen molar-refractivity contribution in [2.75, 3.05) is 44.8 Å². The van der Waals surface area contributed by atoms with Crippen molar-refractivity contribution in [3.8, 4) is 0 Å².